The fourth-order valence-electron chi connectivity index (χ4n) is 2.62. The van der Waals surface area contributed by atoms with Crippen LogP contribution >= 0.6 is 0 Å². The lowest BCUT2D eigenvalue weighted by Crippen LogP contribution is -2.51. The quantitative estimate of drug-likeness (QED) is 0.709. The van der Waals surface area contributed by atoms with Gasteiger partial charge >= 0.3 is 5.97 Å². The first-order chi connectivity index (χ1) is 11.9. The van der Waals surface area contributed by atoms with Crippen molar-refractivity contribution in [3.63, 3.8) is 0 Å². The van der Waals surface area contributed by atoms with Gasteiger partial charge in [-0.05, 0) is 31.0 Å². The first-order valence-electron chi connectivity index (χ1n) is 8.08. The van der Waals surface area contributed by atoms with Crippen molar-refractivity contribution in [3.8, 4) is 0 Å². The van der Waals surface area contributed by atoms with Crippen molar-refractivity contribution >= 4 is 21.9 Å². The summed E-state index contributed by atoms with van der Waals surface area (Å²) in [6.07, 6.45) is 1.62. The van der Waals surface area contributed by atoms with Crippen molar-refractivity contribution in [1.82, 2.24) is 9.21 Å². The molecular formula is C16H19FN2O5S. The number of carbonyl (C=O) groups is 2. The molecule has 0 atom stereocenters. The highest BCUT2D eigenvalue weighted by Gasteiger charge is 2.33. The molecule has 1 saturated heterocycles. The fourth-order valence-corrected chi connectivity index (χ4v) is 4.07. The minimum Gasteiger partial charge on any atom is -0.455 e. The maximum Gasteiger partial charge on any atom is 0.309 e. The Hall–Kier alpha value is -2.00. The number of piperazine rings is 1. The number of ether oxygens (including phenoxy) is 1. The molecule has 7 nitrogen and oxygen atoms in total. The Morgan fingerprint density at radius 3 is 2.44 bits per heavy atom. The number of halogens is 1. The third kappa shape index (κ3) is 4.16. The van der Waals surface area contributed by atoms with E-state index in [2.05, 4.69) is 0 Å². The van der Waals surface area contributed by atoms with Gasteiger partial charge in [-0.25, -0.2) is 12.8 Å². The van der Waals surface area contributed by atoms with Gasteiger partial charge in [0.05, 0.1) is 10.8 Å². The number of rotatable bonds is 5. The van der Waals surface area contributed by atoms with Crippen LogP contribution in [0.3, 0.4) is 0 Å². The Labute approximate surface area is 145 Å². The molecule has 0 unspecified atom stereocenters. The molecule has 3 rings (SSSR count). The molecule has 1 amide bonds. The predicted octanol–water partition coefficient (Wildman–Crippen LogP) is 0.612. The average molecular weight is 370 g/mol. The van der Waals surface area contributed by atoms with E-state index in [9.17, 15) is 22.4 Å². The number of nitrogens with zero attached hydrogens (tertiary/aromatic N) is 2. The van der Waals surface area contributed by atoms with Crippen LogP contribution in [-0.2, 0) is 24.3 Å². The van der Waals surface area contributed by atoms with Crippen LogP contribution in [0.5, 0.6) is 0 Å². The maximum atomic E-state index is 13.3. The first kappa shape index (κ1) is 17.8. The number of hydrogen-bond acceptors (Lipinski definition) is 5. The molecule has 1 aliphatic heterocycles. The monoisotopic (exact) mass is 370 g/mol. The van der Waals surface area contributed by atoms with Crippen molar-refractivity contribution in [2.24, 2.45) is 5.92 Å². The van der Waals surface area contributed by atoms with Gasteiger partial charge in [0.2, 0.25) is 10.0 Å². The van der Waals surface area contributed by atoms with Crippen LogP contribution < -0.4 is 0 Å². The van der Waals surface area contributed by atoms with E-state index in [4.69, 9.17) is 4.74 Å². The average Bonchev–Trinajstić information content (AvgIpc) is 3.44. The van der Waals surface area contributed by atoms with E-state index in [1.165, 1.54) is 27.4 Å². The Kier molecular flexibility index (Phi) is 5.05. The molecule has 0 bridgehead atoms. The van der Waals surface area contributed by atoms with E-state index in [1.54, 1.807) is 0 Å². The highest BCUT2D eigenvalue weighted by molar-refractivity contribution is 7.89. The van der Waals surface area contributed by atoms with Crippen molar-refractivity contribution in [2.75, 3.05) is 32.8 Å². The molecular weight excluding hydrogens is 351 g/mol. The summed E-state index contributed by atoms with van der Waals surface area (Å²) in [4.78, 5) is 24.9. The van der Waals surface area contributed by atoms with Gasteiger partial charge in [-0.2, -0.15) is 4.31 Å². The lowest BCUT2D eigenvalue weighted by molar-refractivity contribution is -0.153. The number of benzene rings is 1. The van der Waals surface area contributed by atoms with Crippen LogP contribution in [0.2, 0.25) is 0 Å². The molecule has 1 heterocycles. The van der Waals surface area contributed by atoms with E-state index in [1.807, 2.05) is 0 Å². The van der Waals surface area contributed by atoms with Crippen molar-refractivity contribution in [2.45, 2.75) is 17.7 Å². The second kappa shape index (κ2) is 7.09. The van der Waals surface area contributed by atoms with E-state index < -0.39 is 15.8 Å². The van der Waals surface area contributed by atoms with Gasteiger partial charge in [0.15, 0.2) is 6.61 Å². The Balaban J connectivity index is 1.54. The molecule has 1 saturated carbocycles. The van der Waals surface area contributed by atoms with Gasteiger partial charge < -0.3 is 9.64 Å². The minimum atomic E-state index is -3.79. The molecule has 1 aromatic rings. The number of hydrogen-bond donors (Lipinski definition) is 0. The number of sulfonamides is 1. The summed E-state index contributed by atoms with van der Waals surface area (Å²) < 4.78 is 44.4. The van der Waals surface area contributed by atoms with Crippen LogP contribution in [-0.4, -0.2) is 62.3 Å². The third-order valence-corrected chi connectivity index (χ3v) is 6.17. The summed E-state index contributed by atoms with van der Waals surface area (Å²) in [5, 5.41) is 0. The van der Waals surface area contributed by atoms with Gasteiger partial charge in [-0.3, -0.25) is 9.59 Å². The summed E-state index contributed by atoms with van der Waals surface area (Å²) >= 11 is 0. The van der Waals surface area contributed by atoms with E-state index in [-0.39, 0.29) is 55.5 Å². The van der Waals surface area contributed by atoms with Crippen LogP contribution in [0.1, 0.15) is 12.8 Å². The van der Waals surface area contributed by atoms with E-state index >= 15 is 0 Å². The number of amides is 1. The summed E-state index contributed by atoms with van der Waals surface area (Å²) in [5.74, 6) is -1.37. The predicted molar refractivity (Wildman–Crippen MR) is 85.4 cm³/mol. The zero-order valence-electron chi connectivity index (χ0n) is 13.6. The fraction of sp³-hybridized carbons (Fsp3) is 0.500. The molecule has 0 aromatic heterocycles. The van der Waals surface area contributed by atoms with E-state index in [0.717, 1.165) is 18.9 Å². The van der Waals surface area contributed by atoms with Crippen LogP contribution in [0.25, 0.3) is 0 Å². The molecule has 0 radical (unpaired) electrons. The SMILES string of the molecule is O=C(OCC(=O)N1CCN(S(=O)(=O)c2cccc(F)c2)CC1)C1CC1. The smallest absolute Gasteiger partial charge is 0.309 e. The zero-order valence-corrected chi connectivity index (χ0v) is 14.4. The lowest BCUT2D eigenvalue weighted by atomic mass is 10.3. The van der Waals surface area contributed by atoms with E-state index in [0.29, 0.717) is 0 Å². The largest absolute Gasteiger partial charge is 0.455 e. The van der Waals surface area contributed by atoms with Crippen LogP contribution in [0, 0.1) is 11.7 Å². The normalized spacial score (nSPS) is 18.8. The Morgan fingerprint density at radius 2 is 1.84 bits per heavy atom. The highest BCUT2D eigenvalue weighted by Crippen LogP contribution is 2.30. The standard InChI is InChI=1S/C16H19FN2O5S/c17-13-2-1-3-14(10-13)25(22,23)19-8-6-18(7-9-19)15(20)11-24-16(21)12-4-5-12/h1-3,10,12H,4-9,11H2. The van der Waals surface area contributed by atoms with Crippen LogP contribution in [0.15, 0.2) is 29.2 Å². The highest BCUT2D eigenvalue weighted by atomic mass is 32.2. The van der Waals surface area contributed by atoms with Crippen molar-refractivity contribution in [1.29, 1.82) is 0 Å². The first-order valence-corrected chi connectivity index (χ1v) is 9.52. The minimum absolute atomic E-state index is 0.0685. The summed E-state index contributed by atoms with van der Waals surface area (Å²) in [7, 11) is -3.79. The van der Waals surface area contributed by atoms with Gasteiger partial charge in [-0.15, -0.1) is 0 Å². The molecule has 0 spiro atoms. The molecule has 9 heteroatoms. The van der Waals surface area contributed by atoms with Gasteiger partial charge in [-0.1, -0.05) is 6.07 Å². The lowest BCUT2D eigenvalue weighted by Gasteiger charge is -2.33. The van der Waals surface area contributed by atoms with Crippen molar-refractivity contribution < 1.29 is 27.1 Å². The van der Waals surface area contributed by atoms with Gasteiger partial charge in [0.1, 0.15) is 5.82 Å². The molecule has 1 aliphatic carbocycles. The van der Waals surface area contributed by atoms with Crippen molar-refractivity contribution in [3.05, 3.63) is 30.1 Å². The summed E-state index contributed by atoms with van der Waals surface area (Å²) in [5.41, 5.74) is 0. The molecule has 25 heavy (non-hydrogen) atoms. The third-order valence-electron chi connectivity index (χ3n) is 4.27. The number of carbonyl (C=O) groups excluding carboxylic acids is 2. The Bertz CT molecular complexity index is 770. The Morgan fingerprint density at radius 1 is 1.16 bits per heavy atom. The molecule has 1 aromatic carbocycles. The van der Waals surface area contributed by atoms with Gasteiger partial charge in [0, 0.05) is 26.2 Å². The topological polar surface area (TPSA) is 84.0 Å². The zero-order chi connectivity index (χ0) is 18.0. The summed E-state index contributed by atoms with van der Waals surface area (Å²) in [6.45, 7) is 0.316. The maximum absolute atomic E-state index is 13.3. The molecule has 136 valence electrons. The molecule has 0 N–H and O–H groups in total. The summed E-state index contributed by atoms with van der Waals surface area (Å²) in [6, 6.07) is 4.84. The molecule has 2 aliphatic rings. The van der Waals surface area contributed by atoms with Crippen LogP contribution in [0.4, 0.5) is 4.39 Å². The van der Waals surface area contributed by atoms with Gasteiger partial charge in [0.25, 0.3) is 5.91 Å². The second-order valence-electron chi connectivity index (χ2n) is 6.12. The number of esters is 1. The molecule has 2 fully saturated rings. The second-order valence-corrected chi connectivity index (χ2v) is 8.06.